The Morgan fingerprint density at radius 3 is 2.66 bits per heavy atom. The predicted octanol–water partition coefficient (Wildman–Crippen LogP) is 3.27. The summed E-state index contributed by atoms with van der Waals surface area (Å²) < 4.78 is 32.6. The van der Waals surface area contributed by atoms with Crippen LogP contribution >= 0.6 is 46.9 Å². The number of morpholine rings is 1. The summed E-state index contributed by atoms with van der Waals surface area (Å²) in [5.74, 6) is -0.608. The summed E-state index contributed by atoms with van der Waals surface area (Å²) in [6.45, 7) is 2.36. The first-order valence-corrected chi connectivity index (χ1v) is 12.5. The monoisotopic (exact) mass is 536 g/mol. The van der Waals surface area contributed by atoms with Crippen molar-refractivity contribution in [1.82, 2.24) is 9.62 Å². The smallest absolute Gasteiger partial charge is 0.257 e. The van der Waals surface area contributed by atoms with E-state index >= 15 is 0 Å². The number of nitrogens with zero attached hydrogens (tertiary/aromatic N) is 2. The molecule has 1 saturated heterocycles. The highest BCUT2D eigenvalue weighted by Gasteiger charge is 2.30. The molecule has 0 unspecified atom stereocenters. The predicted molar refractivity (Wildman–Crippen MR) is 126 cm³/mol. The summed E-state index contributed by atoms with van der Waals surface area (Å²) in [7, 11) is -3.93. The number of nitrogens with one attached hydrogen (secondary N) is 2. The summed E-state index contributed by atoms with van der Waals surface area (Å²) in [4.78, 5) is 13.8. The topological polar surface area (TPSA) is 112 Å². The van der Waals surface area contributed by atoms with E-state index in [0.717, 1.165) is 17.0 Å². The van der Waals surface area contributed by atoms with Gasteiger partial charge in [-0.1, -0.05) is 23.2 Å². The van der Waals surface area contributed by atoms with Crippen LogP contribution in [0, 0.1) is 11.3 Å². The molecule has 0 atom stereocenters. The van der Waals surface area contributed by atoms with Crippen LogP contribution in [0.1, 0.15) is 26.4 Å². The Morgan fingerprint density at radius 1 is 1.25 bits per heavy atom. The fourth-order valence-electron chi connectivity index (χ4n) is 3.54. The zero-order chi connectivity index (χ0) is 22.2. The molecule has 1 amide bonds. The van der Waals surface area contributed by atoms with Crippen molar-refractivity contribution in [2.45, 2.75) is 17.9 Å². The van der Waals surface area contributed by atoms with Gasteiger partial charge in [-0.25, -0.2) is 8.42 Å². The second-order valence-corrected chi connectivity index (χ2v) is 10.8. The first-order chi connectivity index (χ1) is 14.8. The third-order valence-electron chi connectivity index (χ3n) is 5.12. The lowest BCUT2D eigenvalue weighted by Gasteiger charge is -2.26. The number of carbonyl (C=O) groups is 1. The van der Waals surface area contributed by atoms with Gasteiger partial charge in [0, 0.05) is 24.5 Å². The normalized spacial score (nSPS) is 16.5. The second kappa shape index (κ2) is 10.2. The maximum absolute atomic E-state index is 13.0. The molecule has 0 bridgehead atoms. The molecule has 0 radical (unpaired) electrons. The van der Waals surface area contributed by atoms with Gasteiger partial charge in [-0.05, 0) is 30.7 Å². The summed E-state index contributed by atoms with van der Waals surface area (Å²) in [6, 6.07) is 4.60. The van der Waals surface area contributed by atoms with Crippen LogP contribution in [0.4, 0.5) is 5.00 Å². The molecule has 3 heterocycles. The highest BCUT2D eigenvalue weighted by atomic mass is 35.5. The van der Waals surface area contributed by atoms with E-state index in [0.29, 0.717) is 23.5 Å². The van der Waals surface area contributed by atoms with Gasteiger partial charge in [0.15, 0.2) is 0 Å². The first kappa shape index (κ1) is 25.2. The van der Waals surface area contributed by atoms with E-state index in [2.05, 4.69) is 16.7 Å². The molecule has 2 aliphatic heterocycles. The molecule has 2 N–H and O–H groups in total. The minimum Gasteiger partial charge on any atom is -0.379 e. The Labute approximate surface area is 205 Å². The largest absolute Gasteiger partial charge is 0.379 e. The molecule has 0 spiro atoms. The molecule has 2 aromatic rings. The minimum absolute atomic E-state index is 0. The third-order valence-corrected chi connectivity index (χ3v) is 8.94. The Hall–Kier alpha value is -1.42. The maximum Gasteiger partial charge on any atom is 0.257 e. The van der Waals surface area contributed by atoms with Crippen LogP contribution in [0.25, 0.3) is 0 Å². The lowest BCUT2D eigenvalue weighted by atomic mass is 10.0. The molecule has 32 heavy (non-hydrogen) atoms. The number of thiophene rings is 1. The van der Waals surface area contributed by atoms with Crippen molar-refractivity contribution in [2.24, 2.45) is 0 Å². The van der Waals surface area contributed by atoms with Crippen LogP contribution in [0.3, 0.4) is 0 Å². The van der Waals surface area contributed by atoms with Crippen molar-refractivity contribution in [3.63, 3.8) is 0 Å². The number of nitriles is 1. The van der Waals surface area contributed by atoms with Crippen LogP contribution in [-0.4, -0.2) is 51.5 Å². The Bertz CT molecular complexity index is 1190. The fourth-order valence-corrected chi connectivity index (χ4v) is 6.94. The number of ether oxygens (including phenoxy) is 1. The van der Waals surface area contributed by atoms with Crippen LogP contribution in [0.15, 0.2) is 17.0 Å². The lowest BCUT2D eigenvalue weighted by Crippen LogP contribution is -2.40. The van der Waals surface area contributed by atoms with Crippen LogP contribution in [-0.2, 0) is 27.7 Å². The third kappa shape index (κ3) is 4.76. The molecular formula is C19H19Cl3N4O4S2. The van der Waals surface area contributed by atoms with Crippen molar-refractivity contribution < 1.29 is 17.9 Å². The second-order valence-electron chi connectivity index (χ2n) is 6.98. The SMILES string of the molecule is Cl.N#Cc1c(NC(=O)c2cc(S(=O)(=O)N3CCOCC3)c(Cl)cc2Cl)sc2c1CCNC2. The molecule has 0 aliphatic carbocycles. The number of carbonyl (C=O) groups excluding carboxylic acids is 1. The zero-order valence-electron chi connectivity index (χ0n) is 16.6. The molecule has 4 rings (SSSR count). The van der Waals surface area contributed by atoms with Gasteiger partial charge >= 0.3 is 0 Å². The summed E-state index contributed by atoms with van der Waals surface area (Å²) in [5.41, 5.74) is 1.33. The molecule has 0 saturated carbocycles. The first-order valence-electron chi connectivity index (χ1n) is 9.46. The van der Waals surface area contributed by atoms with E-state index < -0.39 is 15.9 Å². The van der Waals surface area contributed by atoms with Gasteiger partial charge in [0.05, 0.1) is 34.4 Å². The summed E-state index contributed by atoms with van der Waals surface area (Å²) >= 11 is 13.7. The fraction of sp³-hybridized carbons (Fsp3) is 0.368. The minimum atomic E-state index is -3.93. The molecule has 1 aromatic carbocycles. The molecule has 1 fully saturated rings. The van der Waals surface area contributed by atoms with Crippen LogP contribution < -0.4 is 10.6 Å². The van der Waals surface area contributed by atoms with Gasteiger partial charge in [0.2, 0.25) is 10.0 Å². The molecule has 172 valence electrons. The van der Waals surface area contributed by atoms with Gasteiger partial charge in [0.1, 0.15) is 16.0 Å². The van der Waals surface area contributed by atoms with Crippen molar-refractivity contribution in [3.05, 3.63) is 43.7 Å². The molecule has 2 aliphatic rings. The lowest BCUT2D eigenvalue weighted by molar-refractivity contribution is 0.0730. The number of sulfonamides is 1. The number of rotatable bonds is 4. The van der Waals surface area contributed by atoms with E-state index in [4.69, 9.17) is 27.9 Å². The van der Waals surface area contributed by atoms with Crippen molar-refractivity contribution >= 4 is 67.9 Å². The van der Waals surface area contributed by atoms with E-state index in [9.17, 15) is 18.5 Å². The number of fused-ring (bicyclic) bond motifs is 1. The summed E-state index contributed by atoms with van der Waals surface area (Å²) in [6.07, 6.45) is 0.703. The maximum atomic E-state index is 13.0. The highest BCUT2D eigenvalue weighted by Crippen LogP contribution is 2.36. The molecule has 13 heteroatoms. The molecule has 1 aromatic heterocycles. The molecular weight excluding hydrogens is 519 g/mol. The Morgan fingerprint density at radius 2 is 1.97 bits per heavy atom. The van der Waals surface area contributed by atoms with Crippen molar-refractivity contribution in [2.75, 3.05) is 38.2 Å². The number of hydrogen-bond acceptors (Lipinski definition) is 7. The van der Waals surface area contributed by atoms with Gasteiger partial charge in [-0.15, -0.1) is 23.7 Å². The van der Waals surface area contributed by atoms with E-state index in [1.165, 1.54) is 27.8 Å². The van der Waals surface area contributed by atoms with Crippen LogP contribution in [0.5, 0.6) is 0 Å². The number of amides is 1. The van der Waals surface area contributed by atoms with Gasteiger partial charge in [-0.3, -0.25) is 4.79 Å². The Balaban J connectivity index is 0.00000289. The average molecular weight is 538 g/mol. The van der Waals surface area contributed by atoms with E-state index in [-0.39, 0.29) is 59.2 Å². The summed E-state index contributed by atoms with van der Waals surface area (Å²) in [5, 5.41) is 15.9. The average Bonchev–Trinajstić information content (AvgIpc) is 3.11. The highest BCUT2D eigenvalue weighted by molar-refractivity contribution is 7.89. The van der Waals surface area contributed by atoms with E-state index in [1.807, 2.05) is 0 Å². The number of anilines is 1. The van der Waals surface area contributed by atoms with Crippen LogP contribution in [0.2, 0.25) is 10.0 Å². The number of benzene rings is 1. The number of hydrogen-bond donors (Lipinski definition) is 2. The van der Waals surface area contributed by atoms with Gasteiger partial charge < -0.3 is 15.4 Å². The van der Waals surface area contributed by atoms with Gasteiger partial charge in [0.25, 0.3) is 5.91 Å². The quantitative estimate of drug-likeness (QED) is 0.619. The van der Waals surface area contributed by atoms with E-state index in [1.54, 1.807) is 0 Å². The van der Waals surface area contributed by atoms with Crippen molar-refractivity contribution in [3.8, 4) is 6.07 Å². The Kier molecular flexibility index (Phi) is 8.06. The standard InChI is InChI=1S/C19H18Cl2N4O4S2.ClH/c20-14-8-15(21)17(31(27,28)25-3-5-29-6-4-25)7-12(14)18(26)24-19-13(9-22)11-1-2-23-10-16(11)30-19;/h7-8,23H,1-6,10H2,(H,24,26);1H. The van der Waals surface area contributed by atoms with Crippen molar-refractivity contribution in [1.29, 1.82) is 5.26 Å². The number of halogens is 3. The zero-order valence-corrected chi connectivity index (χ0v) is 20.6. The molecule has 8 nitrogen and oxygen atoms in total. The van der Waals surface area contributed by atoms with Gasteiger partial charge in [-0.2, -0.15) is 9.57 Å².